The third-order valence-corrected chi connectivity index (χ3v) is 14.6. The normalized spacial score (nSPS) is 13.3. The predicted octanol–water partition coefficient (Wildman–Crippen LogP) is 18.6. The number of nitrogens with zero attached hydrogens (tertiary/aromatic N) is 1. The van der Waals surface area contributed by atoms with E-state index in [9.17, 15) is 0 Å². The zero-order chi connectivity index (χ0) is 45.5. The topological polar surface area (TPSA) is 12.5 Å². The zero-order valence-corrected chi connectivity index (χ0v) is 40.6. The highest BCUT2D eigenvalue weighted by molar-refractivity contribution is 5.92. The van der Waals surface area contributed by atoms with Crippen LogP contribution in [0.15, 0.2) is 140 Å². The Bertz CT molecular complexity index is 2490. The maximum Gasteiger partial charge on any atom is 0.151 e. The SMILES string of the molecule is C=C/C(=C\C)c1cc(-c2cc(-c3ccc(C(C)(C)C)cc3)cc(-c3ccc(C(C)(C)C)cc3)c2)cc(N2c3ccc(C(C)(CC)CC)cc3Oc3cc(C(C)(CC)CC)ccc32)c1. The van der Waals surface area contributed by atoms with Gasteiger partial charge in [0, 0.05) is 5.69 Å². The van der Waals surface area contributed by atoms with E-state index in [1.54, 1.807) is 0 Å². The molecule has 7 rings (SSSR count). The molecule has 0 saturated carbocycles. The van der Waals surface area contributed by atoms with Crippen LogP contribution in [0.2, 0.25) is 0 Å². The van der Waals surface area contributed by atoms with Crippen LogP contribution in [0.4, 0.5) is 17.1 Å². The molecule has 0 saturated heterocycles. The van der Waals surface area contributed by atoms with Crippen molar-refractivity contribution in [3.8, 4) is 44.9 Å². The molecular weight excluding hydrogens is 763 g/mol. The van der Waals surface area contributed by atoms with E-state index in [1.165, 1.54) is 44.5 Å². The van der Waals surface area contributed by atoms with Crippen LogP contribution in [0, 0.1) is 0 Å². The maximum absolute atomic E-state index is 7.03. The van der Waals surface area contributed by atoms with Crippen LogP contribution in [-0.4, -0.2) is 0 Å². The standard InChI is InChI=1S/C61H71NO/c1-15-41(16-2)47-36-48(46-34-44(42-21-25-49(26-22-42)58(7,8)9)33-45(35-46)43-23-27-50(28-24-43)59(10,11)12)38-53(37-47)62-54-31-29-51(60(13,17-3)18-4)39-56(54)63-57-40-52(30-32-55(57)62)61(14,19-5)20-6/h15-16,21-40H,1,17-20H2,2-14H3/b41-16+. The number of benzene rings is 6. The second-order valence-corrected chi connectivity index (χ2v) is 20.5. The van der Waals surface area contributed by atoms with Gasteiger partial charge in [0.05, 0.1) is 11.4 Å². The van der Waals surface area contributed by atoms with Gasteiger partial charge in [0.15, 0.2) is 11.5 Å². The van der Waals surface area contributed by atoms with E-state index in [4.69, 9.17) is 4.74 Å². The van der Waals surface area contributed by atoms with Crippen molar-refractivity contribution in [3.63, 3.8) is 0 Å². The van der Waals surface area contributed by atoms with Gasteiger partial charge >= 0.3 is 0 Å². The summed E-state index contributed by atoms with van der Waals surface area (Å²) >= 11 is 0. The predicted molar refractivity (Wildman–Crippen MR) is 275 cm³/mol. The van der Waals surface area contributed by atoms with Gasteiger partial charge in [-0.1, -0.05) is 162 Å². The molecule has 0 atom stereocenters. The minimum atomic E-state index is 0.0507. The monoisotopic (exact) mass is 834 g/mol. The van der Waals surface area contributed by atoms with Crippen LogP contribution < -0.4 is 9.64 Å². The van der Waals surface area contributed by atoms with Gasteiger partial charge in [-0.2, -0.15) is 0 Å². The molecule has 0 aliphatic carbocycles. The Morgan fingerprint density at radius 3 is 1.22 bits per heavy atom. The first kappa shape index (κ1) is 45.4. The highest BCUT2D eigenvalue weighted by atomic mass is 16.5. The summed E-state index contributed by atoms with van der Waals surface area (Å²) in [7, 11) is 0. The minimum Gasteiger partial charge on any atom is -0.453 e. The summed E-state index contributed by atoms with van der Waals surface area (Å²) in [6.45, 7) is 34.0. The quantitative estimate of drug-likeness (QED) is 0.114. The molecule has 63 heavy (non-hydrogen) atoms. The molecule has 0 fully saturated rings. The van der Waals surface area contributed by atoms with Crippen LogP contribution in [-0.2, 0) is 21.7 Å². The molecule has 2 heteroatoms. The summed E-state index contributed by atoms with van der Waals surface area (Å²) in [6.07, 6.45) is 8.36. The van der Waals surface area contributed by atoms with E-state index in [1.807, 2.05) is 6.08 Å². The largest absolute Gasteiger partial charge is 0.453 e. The van der Waals surface area contributed by atoms with Gasteiger partial charge in [0.1, 0.15) is 0 Å². The molecule has 6 aromatic carbocycles. The molecule has 1 heterocycles. The van der Waals surface area contributed by atoms with Crippen molar-refractivity contribution in [1.82, 2.24) is 0 Å². The van der Waals surface area contributed by atoms with E-state index in [0.717, 1.165) is 76.5 Å². The molecule has 1 aliphatic rings. The Labute approximate surface area is 380 Å². The number of hydrogen-bond donors (Lipinski definition) is 0. The second kappa shape index (κ2) is 17.5. The van der Waals surface area contributed by atoms with E-state index >= 15 is 0 Å². The average molecular weight is 834 g/mol. The van der Waals surface area contributed by atoms with Gasteiger partial charge in [-0.05, 0) is 182 Å². The molecule has 0 bridgehead atoms. The molecule has 0 unspecified atom stereocenters. The fraction of sp³-hybridized carbons (Fsp3) is 0.344. The van der Waals surface area contributed by atoms with E-state index in [2.05, 4.69) is 229 Å². The molecule has 0 radical (unpaired) electrons. The highest BCUT2D eigenvalue weighted by Crippen LogP contribution is 2.54. The van der Waals surface area contributed by atoms with E-state index < -0.39 is 0 Å². The Balaban J connectivity index is 1.48. The van der Waals surface area contributed by atoms with E-state index in [0.29, 0.717) is 0 Å². The van der Waals surface area contributed by atoms with Gasteiger partial charge in [0.2, 0.25) is 0 Å². The van der Waals surface area contributed by atoms with Crippen molar-refractivity contribution in [2.45, 2.75) is 137 Å². The molecule has 1 aliphatic heterocycles. The van der Waals surface area contributed by atoms with Crippen LogP contribution >= 0.6 is 0 Å². The Hall–Kier alpha value is -5.60. The van der Waals surface area contributed by atoms with Gasteiger partial charge in [-0.15, -0.1) is 0 Å². The summed E-state index contributed by atoms with van der Waals surface area (Å²) < 4.78 is 7.03. The maximum atomic E-state index is 7.03. The summed E-state index contributed by atoms with van der Waals surface area (Å²) in [4.78, 5) is 2.43. The van der Waals surface area contributed by atoms with Crippen molar-refractivity contribution < 1.29 is 4.74 Å². The van der Waals surface area contributed by atoms with Crippen molar-refractivity contribution in [2.24, 2.45) is 0 Å². The number of ether oxygens (including phenoxy) is 1. The third-order valence-electron chi connectivity index (χ3n) is 14.6. The number of allylic oxidation sites excluding steroid dienone is 3. The van der Waals surface area contributed by atoms with Crippen molar-refractivity contribution >= 4 is 22.6 Å². The summed E-state index contributed by atoms with van der Waals surface area (Å²) in [5, 5.41) is 0. The highest BCUT2D eigenvalue weighted by Gasteiger charge is 2.32. The number of rotatable bonds is 12. The number of hydrogen-bond acceptors (Lipinski definition) is 2. The molecule has 0 amide bonds. The first-order valence-electron chi connectivity index (χ1n) is 23.5. The Kier molecular flexibility index (Phi) is 12.6. The molecule has 6 aromatic rings. The molecular formula is C61H71NO. The molecule has 0 spiro atoms. The lowest BCUT2D eigenvalue weighted by Gasteiger charge is -2.36. The Morgan fingerprint density at radius 2 is 0.857 bits per heavy atom. The minimum absolute atomic E-state index is 0.0507. The van der Waals surface area contributed by atoms with Gasteiger partial charge in [0.25, 0.3) is 0 Å². The van der Waals surface area contributed by atoms with Crippen molar-refractivity contribution in [1.29, 1.82) is 0 Å². The van der Waals surface area contributed by atoms with Gasteiger partial charge in [-0.25, -0.2) is 0 Å². The van der Waals surface area contributed by atoms with Crippen LogP contribution in [0.3, 0.4) is 0 Å². The third kappa shape index (κ3) is 8.97. The average Bonchev–Trinajstić information content (AvgIpc) is 3.29. The lowest BCUT2D eigenvalue weighted by Crippen LogP contribution is -2.22. The summed E-state index contributed by atoms with van der Waals surface area (Å²) in [6, 6.07) is 46.3. The van der Waals surface area contributed by atoms with Crippen molar-refractivity contribution in [3.05, 3.63) is 168 Å². The molecule has 0 N–H and O–H groups in total. The lowest BCUT2D eigenvalue weighted by molar-refractivity contribution is 0.425. The summed E-state index contributed by atoms with van der Waals surface area (Å²) in [5.41, 5.74) is 18.0. The number of fused-ring (bicyclic) bond motifs is 2. The second-order valence-electron chi connectivity index (χ2n) is 20.5. The zero-order valence-electron chi connectivity index (χ0n) is 40.6. The van der Waals surface area contributed by atoms with Gasteiger partial charge in [-0.3, -0.25) is 0 Å². The van der Waals surface area contributed by atoms with Crippen LogP contribution in [0.1, 0.15) is 144 Å². The van der Waals surface area contributed by atoms with Gasteiger partial charge < -0.3 is 9.64 Å². The summed E-state index contributed by atoms with van der Waals surface area (Å²) in [5.74, 6) is 1.78. The molecule has 2 nitrogen and oxygen atoms in total. The first-order chi connectivity index (χ1) is 29.9. The first-order valence-corrected chi connectivity index (χ1v) is 23.5. The number of anilines is 3. The molecule has 0 aromatic heterocycles. The molecule has 326 valence electrons. The van der Waals surface area contributed by atoms with E-state index in [-0.39, 0.29) is 21.7 Å². The van der Waals surface area contributed by atoms with Crippen molar-refractivity contribution in [2.75, 3.05) is 4.90 Å². The van der Waals surface area contributed by atoms with Crippen LogP contribution in [0.5, 0.6) is 11.5 Å². The fourth-order valence-electron chi connectivity index (χ4n) is 9.08. The fourth-order valence-corrected chi connectivity index (χ4v) is 9.08. The smallest absolute Gasteiger partial charge is 0.151 e. The Morgan fingerprint density at radius 1 is 0.476 bits per heavy atom. The van der Waals surface area contributed by atoms with Crippen LogP contribution in [0.25, 0.3) is 39.0 Å². The lowest BCUT2D eigenvalue weighted by atomic mass is 9.77.